The SMILES string of the molecule is COc1cc(F)ccc1NC(=O)C(C)(N)C1CC1. The van der Waals surface area contributed by atoms with E-state index < -0.39 is 11.4 Å². The number of halogens is 1. The summed E-state index contributed by atoms with van der Waals surface area (Å²) in [5.41, 5.74) is 5.55. The van der Waals surface area contributed by atoms with Crippen molar-refractivity contribution in [3.05, 3.63) is 24.0 Å². The maximum atomic E-state index is 13.0. The summed E-state index contributed by atoms with van der Waals surface area (Å²) in [5, 5.41) is 2.69. The quantitative estimate of drug-likeness (QED) is 0.860. The lowest BCUT2D eigenvalue weighted by atomic mass is 9.96. The molecule has 18 heavy (non-hydrogen) atoms. The Morgan fingerprint density at radius 2 is 2.22 bits per heavy atom. The minimum absolute atomic E-state index is 0.226. The number of hydrogen-bond donors (Lipinski definition) is 2. The van der Waals surface area contributed by atoms with E-state index in [1.165, 1.54) is 25.3 Å². The molecule has 0 heterocycles. The highest BCUT2D eigenvalue weighted by Crippen LogP contribution is 2.39. The Bertz CT molecular complexity index is 470. The van der Waals surface area contributed by atoms with Gasteiger partial charge < -0.3 is 15.8 Å². The first-order chi connectivity index (χ1) is 8.45. The molecule has 0 radical (unpaired) electrons. The van der Waals surface area contributed by atoms with Gasteiger partial charge in [-0.25, -0.2) is 4.39 Å². The van der Waals surface area contributed by atoms with Crippen molar-refractivity contribution >= 4 is 11.6 Å². The Labute approximate surface area is 105 Å². The second-order valence-electron chi connectivity index (χ2n) is 4.86. The summed E-state index contributed by atoms with van der Waals surface area (Å²) in [6, 6.07) is 3.96. The molecular formula is C13H17FN2O2. The van der Waals surface area contributed by atoms with Crippen molar-refractivity contribution in [3.8, 4) is 5.75 Å². The Hall–Kier alpha value is -1.62. The zero-order valence-electron chi connectivity index (χ0n) is 10.5. The highest BCUT2D eigenvalue weighted by atomic mass is 19.1. The topological polar surface area (TPSA) is 64.3 Å². The number of carbonyl (C=O) groups excluding carboxylic acids is 1. The highest BCUT2D eigenvalue weighted by molar-refractivity contribution is 5.99. The van der Waals surface area contributed by atoms with Crippen LogP contribution in [0, 0.1) is 11.7 Å². The maximum absolute atomic E-state index is 13.0. The van der Waals surface area contributed by atoms with Crippen molar-refractivity contribution in [3.63, 3.8) is 0 Å². The summed E-state index contributed by atoms with van der Waals surface area (Å²) in [5.74, 6) is -0.170. The molecule has 1 aromatic carbocycles. The highest BCUT2D eigenvalue weighted by Gasteiger charge is 2.44. The van der Waals surface area contributed by atoms with E-state index in [0.717, 1.165) is 12.8 Å². The fraction of sp³-hybridized carbons (Fsp3) is 0.462. The van der Waals surface area contributed by atoms with Gasteiger partial charge in [0.2, 0.25) is 5.91 Å². The summed E-state index contributed by atoms with van der Waals surface area (Å²) in [6.45, 7) is 1.72. The number of anilines is 1. The van der Waals surface area contributed by atoms with Gasteiger partial charge in [-0.3, -0.25) is 4.79 Å². The largest absolute Gasteiger partial charge is 0.494 e. The molecule has 3 N–H and O–H groups in total. The standard InChI is InChI=1S/C13H17FN2O2/c1-13(15,8-3-4-8)12(17)16-10-6-5-9(14)7-11(10)18-2/h5-8H,3-4,15H2,1-2H3,(H,16,17). The lowest BCUT2D eigenvalue weighted by Gasteiger charge is -2.23. The van der Waals surface area contributed by atoms with Gasteiger partial charge in [0.25, 0.3) is 0 Å². The molecule has 1 aliphatic rings. The van der Waals surface area contributed by atoms with E-state index in [1.807, 2.05) is 0 Å². The van der Waals surface area contributed by atoms with E-state index >= 15 is 0 Å². The third-order valence-corrected chi connectivity index (χ3v) is 3.33. The van der Waals surface area contributed by atoms with Gasteiger partial charge in [0, 0.05) is 6.07 Å². The molecule has 98 valence electrons. The summed E-state index contributed by atoms with van der Waals surface area (Å²) in [4.78, 5) is 12.1. The smallest absolute Gasteiger partial charge is 0.244 e. The van der Waals surface area contributed by atoms with Crippen molar-refractivity contribution in [2.75, 3.05) is 12.4 Å². The Balaban J connectivity index is 2.16. The summed E-state index contributed by atoms with van der Waals surface area (Å²) >= 11 is 0. The third kappa shape index (κ3) is 2.46. The van der Waals surface area contributed by atoms with E-state index in [2.05, 4.69) is 5.32 Å². The average Bonchev–Trinajstić information content (AvgIpc) is 3.15. The second kappa shape index (κ2) is 4.57. The second-order valence-corrected chi connectivity index (χ2v) is 4.86. The van der Waals surface area contributed by atoms with Crippen LogP contribution < -0.4 is 15.8 Å². The van der Waals surface area contributed by atoms with Crippen molar-refractivity contribution in [2.45, 2.75) is 25.3 Å². The molecule has 0 bridgehead atoms. The molecule has 0 aromatic heterocycles. The van der Waals surface area contributed by atoms with E-state index in [9.17, 15) is 9.18 Å². The van der Waals surface area contributed by atoms with Gasteiger partial charge >= 0.3 is 0 Å². The molecule has 4 nitrogen and oxygen atoms in total. The molecular weight excluding hydrogens is 235 g/mol. The Morgan fingerprint density at radius 3 is 2.78 bits per heavy atom. The number of rotatable bonds is 4. The molecule has 1 saturated carbocycles. The molecule has 1 fully saturated rings. The van der Waals surface area contributed by atoms with Crippen molar-refractivity contribution in [2.24, 2.45) is 11.7 Å². The van der Waals surface area contributed by atoms with Crippen LogP contribution in [0.4, 0.5) is 10.1 Å². The van der Waals surface area contributed by atoms with Crippen LogP contribution in [0.15, 0.2) is 18.2 Å². The van der Waals surface area contributed by atoms with Gasteiger partial charge in [0.05, 0.1) is 18.3 Å². The molecule has 2 rings (SSSR count). The lowest BCUT2D eigenvalue weighted by Crippen LogP contribution is -2.50. The van der Waals surface area contributed by atoms with Crippen LogP contribution in [0.1, 0.15) is 19.8 Å². The Kier molecular flexibility index (Phi) is 3.26. The number of amides is 1. The first-order valence-electron chi connectivity index (χ1n) is 5.89. The Morgan fingerprint density at radius 1 is 1.56 bits per heavy atom. The molecule has 0 aliphatic heterocycles. The van der Waals surface area contributed by atoms with E-state index in [4.69, 9.17) is 10.5 Å². The molecule has 0 saturated heterocycles. The van der Waals surface area contributed by atoms with E-state index in [-0.39, 0.29) is 17.6 Å². The van der Waals surface area contributed by atoms with Crippen LogP contribution in [-0.2, 0) is 4.79 Å². The number of nitrogens with two attached hydrogens (primary N) is 1. The zero-order valence-corrected chi connectivity index (χ0v) is 10.5. The monoisotopic (exact) mass is 252 g/mol. The number of benzene rings is 1. The summed E-state index contributed by atoms with van der Waals surface area (Å²) < 4.78 is 18.0. The average molecular weight is 252 g/mol. The summed E-state index contributed by atoms with van der Waals surface area (Å²) in [6.07, 6.45) is 1.95. The molecule has 1 unspecified atom stereocenters. The fourth-order valence-electron chi connectivity index (χ4n) is 1.89. The number of ether oxygens (including phenoxy) is 1. The molecule has 5 heteroatoms. The predicted octanol–water partition coefficient (Wildman–Crippen LogP) is 1.90. The predicted molar refractivity (Wildman–Crippen MR) is 66.9 cm³/mol. The molecule has 1 amide bonds. The first kappa shape index (κ1) is 12.8. The normalized spacial score (nSPS) is 18.0. The minimum atomic E-state index is -0.889. The van der Waals surface area contributed by atoms with Crippen LogP contribution in [0.5, 0.6) is 5.75 Å². The molecule has 1 atom stereocenters. The number of nitrogens with one attached hydrogen (secondary N) is 1. The van der Waals surface area contributed by atoms with Gasteiger partial charge in [-0.2, -0.15) is 0 Å². The van der Waals surface area contributed by atoms with Crippen LogP contribution in [0.2, 0.25) is 0 Å². The van der Waals surface area contributed by atoms with Crippen LogP contribution >= 0.6 is 0 Å². The van der Waals surface area contributed by atoms with Gasteiger partial charge in [0.1, 0.15) is 11.6 Å². The zero-order chi connectivity index (χ0) is 13.3. The molecule has 1 aliphatic carbocycles. The number of carbonyl (C=O) groups is 1. The van der Waals surface area contributed by atoms with E-state index in [1.54, 1.807) is 6.92 Å². The van der Waals surface area contributed by atoms with Gasteiger partial charge in [-0.15, -0.1) is 0 Å². The van der Waals surface area contributed by atoms with Crippen molar-refractivity contribution in [1.82, 2.24) is 0 Å². The van der Waals surface area contributed by atoms with Crippen molar-refractivity contribution < 1.29 is 13.9 Å². The van der Waals surface area contributed by atoms with Crippen LogP contribution in [0.3, 0.4) is 0 Å². The van der Waals surface area contributed by atoms with E-state index in [0.29, 0.717) is 5.69 Å². The molecule has 1 aromatic rings. The van der Waals surface area contributed by atoms with Crippen LogP contribution in [0.25, 0.3) is 0 Å². The lowest BCUT2D eigenvalue weighted by molar-refractivity contribution is -0.121. The maximum Gasteiger partial charge on any atom is 0.244 e. The van der Waals surface area contributed by atoms with Gasteiger partial charge in [-0.05, 0) is 37.8 Å². The molecule has 0 spiro atoms. The van der Waals surface area contributed by atoms with Crippen molar-refractivity contribution in [1.29, 1.82) is 0 Å². The fourth-order valence-corrected chi connectivity index (χ4v) is 1.89. The van der Waals surface area contributed by atoms with Gasteiger partial charge in [-0.1, -0.05) is 0 Å². The third-order valence-electron chi connectivity index (χ3n) is 3.33. The minimum Gasteiger partial charge on any atom is -0.494 e. The van der Waals surface area contributed by atoms with Crippen LogP contribution in [-0.4, -0.2) is 18.6 Å². The first-order valence-corrected chi connectivity index (χ1v) is 5.89. The number of methoxy groups -OCH3 is 1. The number of hydrogen-bond acceptors (Lipinski definition) is 3. The van der Waals surface area contributed by atoms with Gasteiger partial charge in [0.15, 0.2) is 0 Å². The summed E-state index contributed by atoms with van der Waals surface area (Å²) in [7, 11) is 1.42.